The summed E-state index contributed by atoms with van der Waals surface area (Å²) >= 11 is 0. The second-order valence-electron chi connectivity index (χ2n) is 4.89. The molecular formula is C15H24O4S. The molecule has 0 bridgehead atoms. The Morgan fingerprint density at radius 3 is 2.40 bits per heavy atom. The number of hydrogen-bond acceptors (Lipinski definition) is 4. The van der Waals surface area contributed by atoms with Gasteiger partial charge < -0.3 is 0 Å². The van der Waals surface area contributed by atoms with Crippen molar-refractivity contribution in [2.45, 2.75) is 57.8 Å². The third-order valence-electron chi connectivity index (χ3n) is 3.12. The highest BCUT2D eigenvalue weighted by Gasteiger charge is 2.17. The summed E-state index contributed by atoms with van der Waals surface area (Å²) in [6.07, 6.45) is 4.88. The molecular weight excluding hydrogens is 276 g/mol. The fourth-order valence-electron chi connectivity index (χ4n) is 1.81. The lowest BCUT2D eigenvalue weighted by Gasteiger charge is -2.09. The summed E-state index contributed by atoms with van der Waals surface area (Å²) in [7, 11) is -3.82. The quantitative estimate of drug-likeness (QED) is 0.396. The first kappa shape index (κ1) is 17.1. The summed E-state index contributed by atoms with van der Waals surface area (Å²) in [5.41, 5.74) is 2.15. The van der Waals surface area contributed by atoms with Crippen LogP contribution in [0.2, 0.25) is 0 Å². The lowest BCUT2D eigenvalue weighted by atomic mass is 10.0. The maximum Gasteiger partial charge on any atom is 0.323 e. The van der Waals surface area contributed by atoms with Crippen LogP contribution in [0, 0.1) is 6.92 Å². The largest absolute Gasteiger partial charge is 0.323 e. The predicted octanol–water partition coefficient (Wildman–Crippen LogP) is 3.77. The van der Waals surface area contributed by atoms with Gasteiger partial charge in [0.1, 0.15) is 0 Å². The van der Waals surface area contributed by atoms with E-state index in [1.54, 1.807) is 12.1 Å². The molecule has 20 heavy (non-hydrogen) atoms. The molecule has 0 radical (unpaired) electrons. The average molecular weight is 300 g/mol. The molecule has 0 aliphatic heterocycles. The number of benzene rings is 1. The van der Waals surface area contributed by atoms with Gasteiger partial charge >= 0.3 is 10.1 Å². The topological polar surface area (TPSA) is 52.6 Å². The fraction of sp³-hybridized carbons (Fsp3) is 0.600. The molecule has 0 saturated carbocycles. The van der Waals surface area contributed by atoms with E-state index in [1.165, 1.54) is 5.56 Å². The third-order valence-corrected chi connectivity index (χ3v) is 4.23. The van der Waals surface area contributed by atoms with Crippen LogP contribution in [0.3, 0.4) is 0 Å². The van der Waals surface area contributed by atoms with Gasteiger partial charge in [-0.1, -0.05) is 32.8 Å². The highest BCUT2D eigenvalue weighted by atomic mass is 32.2. The maximum absolute atomic E-state index is 11.9. The molecule has 1 aromatic rings. The molecule has 4 nitrogen and oxygen atoms in total. The molecule has 1 aromatic carbocycles. The van der Waals surface area contributed by atoms with Crippen LogP contribution >= 0.6 is 0 Å². The van der Waals surface area contributed by atoms with Crippen molar-refractivity contribution in [3.05, 3.63) is 29.3 Å². The summed E-state index contributed by atoms with van der Waals surface area (Å²) in [6.45, 7) is 6.33. The van der Waals surface area contributed by atoms with E-state index in [-0.39, 0.29) is 11.5 Å². The zero-order chi connectivity index (χ0) is 15.0. The molecule has 0 aliphatic carbocycles. The molecule has 0 spiro atoms. The fourth-order valence-corrected chi connectivity index (χ4v) is 2.64. The van der Waals surface area contributed by atoms with E-state index in [9.17, 15) is 8.42 Å². The minimum absolute atomic E-state index is 0.145. The lowest BCUT2D eigenvalue weighted by Crippen LogP contribution is -2.08. The average Bonchev–Trinajstić information content (AvgIpc) is 2.42. The van der Waals surface area contributed by atoms with Gasteiger partial charge in [-0.3, -0.25) is 0 Å². The van der Waals surface area contributed by atoms with Crippen molar-refractivity contribution in [3.8, 4) is 0 Å². The molecule has 0 unspecified atom stereocenters. The van der Waals surface area contributed by atoms with E-state index >= 15 is 0 Å². The van der Waals surface area contributed by atoms with E-state index in [1.807, 2.05) is 19.9 Å². The Kier molecular flexibility index (Phi) is 7.19. The smallest absolute Gasteiger partial charge is 0.220 e. The Morgan fingerprint density at radius 2 is 1.80 bits per heavy atom. The molecule has 0 amide bonds. The van der Waals surface area contributed by atoms with Crippen LogP contribution in [0.15, 0.2) is 23.1 Å². The molecule has 0 heterocycles. The van der Waals surface area contributed by atoms with Crippen molar-refractivity contribution < 1.29 is 17.6 Å². The third kappa shape index (κ3) is 5.23. The van der Waals surface area contributed by atoms with Crippen molar-refractivity contribution in [3.63, 3.8) is 0 Å². The van der Waals surface area contributed by atoms with Gasteiger partial charge in [-0.2, -0.15) is 8.42 Å². The van der Waals surface area contributed by atoms with Crippen molar-refractivity contribution >= 4 is 10.1 Å². The molecule has 0 aromatic heterocycles. The van der Waals surface area contributed by atoms with Gasteiger partial charge in [0.2, 0.25) is 0 Å². The van der Waals surface area contributed by atoms with E-state index < -0.39 is 10.1 Å². The maximum atomic E-state index is 11.9. The summed E-state index contributed by atoms with van der Waals surface area (Å²) in [4.78, 5) is 4.89. The number of aryl methyl sites for hydroxylation is 2. The lowest BCUT2D eigenvalue weighted by molar-refractivity contribution is -0.201. The van der Waals surface area contributed by atoms with E-state index in [0.29, 0.717) is 0 Å². The normalized spacial score (nSPS) is 11.8. The number of hydrogen-bond donors (Lipinski definition) is 0. The first-order valence-electron chi connectivity index (χ1n) is 7.17. The number of rotatable bonds is 9. The molecule has 5 heteroatoms. The Hall–Kier alpha value is -0.910. The molecule has 114 valence electrons. The van der Waals surface area contributed by atoms with Gasteiger partial charge in [-0.25, -0.2) is 4.89 Å². The van der Waals surface area contributed by atoms with Crippen molar-refractivity contribution in [1.82, 2.24) is 0 Å². The van der Waals surface area contributed by atoms with Crippen LogP contribution in [-0.2, 0) is 25.8 Å². The van der Waals surface area contributed by atoms with Crippen LogP contribution in [0.4, 0.5) is 0 Å². The van der Waals surface area contributed by atoms with Gasteiger partial charge in [0.15, 0.2) is 0 Å². The van der Waals surface area contributed by atoms with E-state index in [4.69, 9.17) is 4.89 Å². The van der Waals surface area contributed by atoms with Crippen LogP contribution in [0.5, 0.6) is 0 Å². The minimum atomic E-state index is -3.82. The zero-order valence-corrected chi connectivity index (χ0v) is 13.3. The zero-order valence-electron chi connectivity index (χ0n) is 12.5. The first-order valence-corrected chi connectivity index (χ1v) is 8.57. The van der Waals surface area contributed by atoms with Gasteiger partial charge in [0.25, 0.3) is 0 Å². The van der Waals surface area contributed by atoms with Crippen molar-refractivity contribution in [2.24, 2.45) is 0 Å². The monoisotopic (exact) mass is 300 g/mol. The second kappa shape index (κ2) is 8.39. The van der Waals surface area contributed by atoms with Crippen LogP contribution in [0.1, 0.15) is 50.7 Å². The molecule has 0 fully saturated rings. The summed E-state index contributed by atoms with van der Waals surface area (Å²) in [5.74, 6) is 0. The highest BCUT2D eigenvalue weighted by molar-refractivity contribution is 7.86. The Balaban J connectivity index is 2.73. The standard InChI is InChI=1S/C15H24O4S/c1-4-6-8-14-9-10-15(12-13(14)3)20(16,17)19-18-11-7-5-2/h9-10,12H,4-8,11H2,1-3H3. The van der Waals surface area contributed by atoms with E-state index in [0.717, 1.165) is 37.7 Å². The van der Waals surface area contributed by atoms with Crippen LogP contribution in [-0.4, -0.2) is 15.0 Å². The highest BCUT2D eigenvalue weighted by Crippen LogP contribution is 2.19. The van der Waals surface area contributed by atoms with Gasteiger partial charge in [0, 0.05) is 0 Å². The summed E-state index contributed by atoms with van der Waals surface area (Å²) in [6, 6.07) is 5.08. The van der Waals surface area contributed by atoms with Crippen molar-refractivity contribution in [1.29, 1.82) is 0 Å². The first-order chi connectivity index (χ1) is 9.51. The second-order valence-corrected chi connectivity index (χ2v) is 6.41. The van der Waals surface area contributed by atoms with Crippen LogP contribution < -0.4 is 0 Å². The Labute approximate surface area is 122 Å². The number of unbranched alkanes of at least 4 members (excludes halogenated alkanes) is 2. The molecule has 0 saturated heterocycles. The Bertz CT molecular complexity index is 509. The van der Waals surface area contributed by atoms with Crippen molar-refractivity contribution in [2.75, 3.05) is 6.61 Å². The summed E-state index contributed by atoms with van der Waals surface area (Å²) < 4.78 is 28.4. The summed E-state index contributed by atoms with van der Waals surface area (Å²) in [5, 5.41) is 0. The Morgan fingerprint density at radius 1 is 1.10 bits per heavy atom. The van der Waals surface area contributed by atoms with Gasteiger partial charge in [0.05, 0.1) is 11.5 Å². The molecule has 0 N–H and O–H groups in total. The predicted molar refractivity (Wildman–Crippen MR) is 78.9 cm³/mol. The van der Waals surface area contributed by atoms with Gasteiger partial charge in [-0.15, -0.1) is 4.33 Å². The molecule has 1 rings (SSSR count). The van der Waals surface area contributed by atoms with E-state index in [2.05, 4.69) is 11.3 Å². The van der Waals surface area contributed by atoms with Gasteiger partial charge in [-0.05, 0) is 49.4 Å². The molecule has 0 aliphatic rings. The molecule has 0 atom stereocenters. The minimum Gasteiger partial charge on any atom is -0.220 e. The SMILES string of the molecule is CCCCOOS(=O)(=O)c1ccc(CCCC)c(C)c1. The van der Waals surface area contributed by atoms with Crippen LogP contribution in [0.25, 0.3) is 0 Å².